The molecule has 0 aliphatic carbocycles. The molecule has 0 amide bonds. The molecule has 0 saturated carbocycles. The quantitative estimate of drug-likeness (QED) is 0.771. The van der Waals surface area contributed by atoms with Crippen molar-refractivity contribution in [2.75, 3.05) is 14.2 Å². The predicted octanol–water partition coefficient (Wildman–Crippen LogP) is 2.09. The van der Waals surface area contributed by atoms with E-state index in [-0.39, 0.29) is 30.6 Å². The van der Waals surface area contributed by atoms with E-state index in [1.807, 2.05) is 0 Å². The number of carbonyl (C=O) groups excluding carboxylic acids is 3. The molecule has 0 N–H and O–H groups in total. The predicted molar refractivity (Wildman–Crippen MR) is 87.9 cm³/mol. The summed E-state index contributed by atoms with van der Waals surface area (Å²) < 4.78 is 21.1. The van der Waals surface area contributed by atoms with Gasteiger partial charge < -0.3 is 18.9 Å². The Kier molecular flexibility index (Phi) is 6.01. The molecular weight excluding hydrogens is 328 g/mol. The van der Waals surface area contributed by atoms with Crippen LogP contribution in [0.5, 0.6) is 11.5 Å². The minimum absolute atomic E-state index is 0.0167. The highest BCUT2D eigenvalue weighted by Gasteiger charge is 2.29. The molecule has 1 aromatic carbocycles. The van der Waals surface area contributed by atoms with Crippen LogP contribution in [0.2, 0.25) is 0 Å². The Bertz CT molecular complexity index is 680. The molecule has 0 aromatic heterocycles. The third-order valence-corrected chi connectivity index (χ3v) is 3.90. The van der Waals surface area contributed by atoms with Gasteiger partial charge in [-0.25, -0.2) is 0 Å². The normalized spacial score (nSPS) is 21.0. The summed E-state index contributed by atoms with van der Waals surface area (Å²) in [5.74, 6) is -0.446. The lowest BCUT2D eigenvalue weighted by Crippen LogP contribution is -2.29. The Hall–Kier alpha value is -2.57. The summed E-state index contributed by atoms with van der Waals surface area (Å²) in [7, 11) is 2.92. The van der Waals surface area contributed by atoms with Crippen LogP contribution in [0, 0.1) is 0 Å². The molecule has 2 atom stereocenters. The fourth-order valence-corrected chi connectivity index (χ4v) is 2.94. The highest BCUT2D eigenvalue weighted by atomic mass is 16.6. The smallest absolute Gasteiger partial charge is 0.310 e. The van der Waals surface area contributed by atoms with Crippen LogP contribution in [0.3, 0.4) is 0 Å². The summed E-state index contributed by atoms with van der Waals surface area (Å²) in [6, 6.07) is 3.20. The molecule has 1 aliphatic rings. The van der Waals surface area contributed by atoms with Crippen molar-refractivity contribution in [3.8, 4) is 11.5 Å². The van der Waals surface area contributed by atoms with Gasteiger partial charge in [0.25, 0.3) is 0 Å². The largest absolute Gasteiger partial charge is 0.497 e. The monoisotopic (exact) mass is 350 g/mol. The highest BCUT2D eigenvalue weighted by Crippen LogP contribution is 2.32. The number of cyclic esters (lactones) is 1. The van der Waals surface area contributed by atoms with E-state index in [2.05, 4.69) is 0 Å². The van der Waals surface area contributed by atoms with Crippen molar-refractivity contribution >= 4 is 17.7 Å². The van der Waals surface area contributed by atoms with Gasteiger partial charge in [0.2, 0.25) is 0 Å². The Balaban J connectivity index is 2.50. The van der Waals surface area contributed by atoms with Crippen LogP contribution < -0.4 is 9.47 Å². The lowest BCUT2D eigenvalue weighted by molar-refractivity contribution is -0.152. The highest BCUT2D eigenvalue weighted by molar-refractivity contribution is 6.01. The van der Waals surface area contributed by atoms with Crippen molar-refractivity contribution in [3.63, 3.8) is 0 Å². The Labute approximate surface area is 146 Å². The molecule has 0 bridgehead atoms. The maximum absolute atomic E-state index is 12.8. The number of benzene rings is 1. The lowest BCUT2D eigenvalue weighted by Gasteiger charge is -2.24. The molecule has 1 heterocycles. The van der Waals surface area contributed by atoms with E-state index in [4.69, 9.17) is 18.9 Å². The van der Waals surface area contributed by atoms with Crippen LogP contribution in [0.15, 0.2) is 12.1 Å². The van der Waals surface area contributed by atoms with Crippen LogP contribution >= 0.6 is 0 Å². The van der Waals surface area contributed by atoms with Gasteiger partial charge in [-0.2, -0.15) is 0 Å². The third-order valence-electron chi connectivity index (χ3n) is 3.90. The molecule has 0 fully saturated rings. The molecule has 7 nitrogen and oxygen atoms in total. The number of carbonyl (C=O) groups is 3. The molecule has 0 saturated heterocycles. The Morgan fingerprint density at radius 3 is 2.52 bits per heavy atom. The van der Waals surface area contributed by atoms with Gasteiger partial charge in [0.05, 0.1) is 26.2 Å². The molecular formula is C18H22O7. The average molecular weight is 350 g/mol. The Morgan fingerprint density at radius 2 is 1.92 bits per heavy atom. The van der Waals surface area contributed by atoms with Gasteiger partial charge in [-0.05, 0) is 18.6 Å². The fraction of sp³-hybridized carbons (Fsp3) is 0.500. The van der Waals surface area contributed by atoms with Gasteiger partial charge in [0.1, 0.15) is 23.7 Å². The van der Waals surface area contributed by atoms with Gasteiger partial charge in [0.15, 0.2) is 5.78 Å². The van der Waals surface area contributed by atoms with Crippen LogP contribution in [0.1, 0.15) is 42.6 Å². The molecule has 2 rings (SSSR count). The zero-order chi connectivity index (χ0) is 18.6. The minimum atomic E-state index is -0.675. The summed E-state index contributed by atoms with van der Waals surface area (Å²) in [4.78, 5) is 36.3. The number of esters is 2. The second kappa shape index (κ2) is 8.00. The summed E-state index contributed by atoms with van der Waals surface area (Å²) in [6.07, 6.45) is -0.983. The number of ketones is 1. The van der Waals surface area contributed by atoms with Gasteiger partial charge in [-0.1, -0.05) is 0 Å². The SMILES string of the molecule is COc1cc2c(c(OC)c1)C(=O)C[C@@H](OC(C)=O)C[C@@H](C)OC(=O)C2. The summed E-state index contributed by atoms with van der Waals surface area (Å²) in [5.41, 5.74) is 0.744. The molecule has 136 valence electrons. The number of methoxy groups -OCH3 is 2. The van der Waals surface area contributed by atoms with Gasteiger partial charge in [-0.3, -0.25) is 14.4 Å². The van der Waals surface area contributed by atoms with Crippen molar-refractivity contribution in [2.45, 2.75) is 45.3 Å². The van der Waals surface area contributed by atoms with Crippen LogP contribution in [-0.2, 0) is 25.5 Å². The van der Waals surface area contributed by atoms with E-state index < -0.39 is 24.1 Å². The van der Waals surface area contributed by atoms with E-state index in [0.29, 0.717) is 17.1 Å². The van der Waals surface area contributed by atoms with E-state index in [1.54, 1.807) is 19.1 Å². The first-order valence-electron chi connectivity index (χ1n) is 7.98. The van der Waals surface area contributed by atoms with Crippen LogP contribution in [-0.4, -0.2) is 44.1 Å². The molecule has 1 aliphatic heterocycles. The first-order chi connectivity index (χ1) is 11.8. The van der Waals surface area contributed by atoms with E-state index in [0.717, 1.165) is 0 Å². The first kappa shape index (κ1) is 18.8. The lowest BCUT2D eigenvalue weighted by atomic mass is 9.94. The molecule has 0 unspecified atom stereocenters. The fourth-order valence-electron chi connectivity index (χ4n) is 2.94. The van der Waals surface area contributed by atoms with Crippen LogP contribution in [0.4, 0.5) is 0 Å². The number of fused-ring (bicyclic) bond motifs is 1. The number of ether oxygens (including phenoxy) is 4. The molecule has 0 spiro atoms. The van der Waals surface area contributed by atoms with Crippen LogP contribution in [0.25, 0.3) is 0 Å². The molecule has 1 aromatic rings. The maximum Gasteiger partial charge on any atom is 0.310 e. The Morgan fingerprint density at radius 1 is 1.20 bits per heavy atom. The van der Waals surface area contributed by atoms with Gasteiger partial charge >= 0.3 is 11.9 Å². The number of hydrogen-bond donors (Lipinski definition) is 0. The summed E-state index contributed by atoms with van der Waals surface area (Å²) in [6.45, 7) is 2.98. The maximum atomic E-state index is 12.8. The van der Waals surface area contributed by atoms with Crippen molar-refractivity contribution in [2.24, 2.45) is 0 Å². The number of rotatable bonds is 3. The van der Waals surface area contributed by atoms with Gasteiger partial charge in [-0.15, -0.1) is 0 Å². The first-order valence-corrected chi connectivity index (χ1v) is 7.98. The van der Waals surface area contributed by atoms with Gasteiger partial charge in [0, 0.05) is 25.8 Å². The molecule has 7 heteroatoms. The van der Waals surface area contributed by atoms with E-state index in [1.165, 1.54) is 21.1 Å². The minimum Gasteiger partial charge on any atom is -0.497 e. The number of hydrogen-bond acceptors (Lipinski definition) is 7. The topological polar surface area (TPSA) is 88.1 Å². The standard InChI is InChI=1S/C18H22O7/c1-10-5-14(25-11(2)19)8-15(20)18-12(7-17(21)24-10)6-13(22-3)9-16(18)23-4/h6,9-10,14H,5,7-8H2,1-4H3/t10-,14+/m1/s1. The van der Waals surface area contributed by atoms with Crippen molar-refractivity contribution < 1.29 is 33.3 Å². The number of Topliss-reactive ketones (excluding diaryl/α,β-unsaturated/α-hetero) is 1. The second-order valence-corrected chi connectivity index (χ2v) is 5.94. The van der Waals surface area contributed by atoms with Crippen molar-refractivity contribution in [1.82, 2.24) is 0 Å². The van der Waals surface area contributed by atoms with E-state index >= 15 is 0 Å². The van der Waals surface area contributed by atoms with Crippen molar-refractivity contribution in [3.05, 3.63) is 23.3 Å². The van der Waals surface area contributed by atoms with Crippen molar-refractivity contribution in [1.29, 1.82) is 0 Å². The molecule has 0 radical (unpaired) electrons. The van der Waals surface area contributed by atoms with E-state index in [9.17, 15) is 14.4 Å². The summed E-state index contributed by atoms with van der Waals surface area (Å²) >= 11 is 0. The third kappa shape index (κ3) is 4.71. The summed E-state index contributed by atoms with van der Waals surface area (Å²) in [5, 5.41) is 0. The zero-order valence-electron chi connectivity index (χ0n) is 14.8. The zero-order valence-corrected chi connectivity index (χ0v) is 14.8. The average Bonchev–Trinajstić information content (AvgIpc) is 2.51. The molecule has 25 heavy (non-hydrogen) atoms. The second-order valence-electron chi connectivity index (χ2n) is 5.94.